The number of hydrogen-bond acceptors (Lipinski definition) is 5. The number of nitrogens with two attached hydrogens (primary N) is 1. The van der Waals surface area contributed by atoms with Crippen LogP contribution in [0.5, 0.6) is 0 Å². The van der Waals surface area contributed by atoms with Crippen LogP contribution < -0.4 is 5.73 Å². The summed E-state index contributed by atoms with van der Waals surface area (Å²) >= 11 is 0. The SMILES string of the molecule is Cc1noc(-c2ccccc2)c1CCN1Cc2ccc(C=C(O)C(N)=O)cc2C1. The standard InChI is InChI=1S/C23H23N3O3/c1-15-20(22(29-25-15)17-5-3-2-4-6-17)9-10-26-13-18-8-7-16(11-19(18)14-26)12-21(27)23(24)28/h2-8,11-12,27H,9-10,13-14H2,1H3,(H2,24,28). The highest BCUT2D eigenvalue weighted by Crippen LogP contribution is 2.29. The molecule has 2 aromatic carbocycles. The Balaban J connectivity index is 1.45. The van der Waals surface area contributed by atoms with Gasteiger partial charge in [0.1, 0.15) is 0 Å². The molecule has 3 aromatic rings. The molecule has 4 rings (SSSR count). The first-order valence-corrected chi connectivity index (χ1v) is 9.56. The lowest BCUT2D eigenvalue weighted by Crippen LogP contribution is -2.19. The number of benzene rings is 2. The summed E-state index contributed by atoms with van der Waals surface area (Å²) in [6.07, 6.45) is 2.25. The quantitative estimate of drug-likeness (QED) is 0.496. The van der Waals surface area contributed by atoms with Crippen LogP contribution in [0.1, 0.15) is 27.9 Å². The molecule has 0 unspecified atom stereocenters. The van der Waals surface area contributed by atoms with Crippen molar-refractivity contribution in [2.45, 2.75) is 26.4 Å². The number of aliphatic hydroxyl groups excluding tert-OH is 1. The Kier molecular flexibility index (Phi) is 5.18. The van der Waals surface area contributed by atoms with Gasteiger partial charge in [-0.1, -0.05) is 47.6 Å². The number of fused-ring (bicyclic) bond motifs is 1. The monoisotopic (exact) mass is 389 g/mol. The van der Waals surface area contributed by atoms with Gasteiger partial charge in [0.2, 0.25) is 0 Å². The number of nitrogens with zero attached hydrogens (tertiary/aromatic N) is 2. The van der Waals surface area contributed by atoms with Gasteiger partial charge in [0.05, 0.1) is 5.69 Å². The van der Waals surface area contributed by atoms with Crippen LogP contribution in [0.2, 0.25) is 0 Å². The van der Waals surface area contributed by atoms with Gasteiger partial charge in [-0.05, 0) is 42.2 Å². The maximum Gasteiger partial charge on any atom is 0.283 e. The van der Waals surface area contributed by atoms with Gasteiger partial charge >= 0.3 is 0 Å². The molecule has 0 aliphatic carbocycles. The van der Waals surface area contributed by atoms with E-state index in [4.69, 9.17) is 10.3 Å². The summed E-state index contributed by atoms with van der Waals surface area (Å²) in [6.45, 7) is 4.55. The van der Waals surface area contributed by atoms with Gasteiger partial charge in [-0.3, -0.25) is 9.69 Å². The molecule has 29 heavy (non-hydrogen) atoms. The smallest absolute Gasteiger partial charge is 0.283 e. The van der Waals surface area contributed by atoms with Crippen LogP contribution in [0.3, 0.4) is 0 Å². The van der Waals surface area contributed by atoms with Gasteiger partial charge in [-0.25, -0.2) is 0 Å². The Morgan fingerprint density at radius 1 is 1.21 bits per heavy atom. The number of rotatable bonds is 6. The lowest BCUT2D eigenvalue weighted by Gasteiger charge is -2.14. The molecule has 6 heteroatoms. The summed E-state index contributed by atoms with van der Waals surface area (Å²) in [5, 5.41) is 13.7. The van der Waals surface area contributed by atoms with Crippen LogP contribution in [0.4, 0.5) is 0 Å². The molecule has 0 fully saturated rings. The van der Waals surface area contributed by atoms with Gasteiger partial charge < -0.3 is 15.4 Å². The number of carbonyl (C=O) groups is 1. The minimum absolute atomic E-state index is 0.434. The minimum Gasteiger partial charge on any atom is -0.503 e. The summed E-state index contributed by atoms with van der Waals surface area (Å²) in [5.74, 6) is -0.421. The topological polar surface area (TPSA) is 92.6 Å². The molecule has 1 amide bonds. The van der Waals surface area contributed by atoms with Crippen molar-refractivity contribution in [1.82, 2.24) is 10.1 Å². The second-order valence-electron chi connectivity index (χ2n) is 7.32. The normalized spacial score (nSPS) is 14.2. The lowest BCUT2D eigenvalue weighted by molar-refractivity contribution is -0.116. The Morgan fingerprint density at radius 2 is 1.97 bits per heavy atom. The van der Waals surface area contributed by atoms with E-state index in [-0.39, 0.29) is 0 Å². The number of carbonyl (C=O) groups excluding carboxylic acids is 1. The van der Waals surface area contributed by atoms with E-state index in [1.807, 2.05) is 55.5 Å². The molecule has 0 radical (unpaired) electrons. The van der Waals surface area contributed by atoms with E-state index in [2.05, 4.69) is 10.1 Å². The van der Waals surface area contributed by atoms with Gasteiger partial charge in [0, 0.05) is 30.8 Å². The molecular formula is C23H23N3O3. The summed E-state index contributed by atoms with van der Waals surface area (Å²) in [4.78, 5) is 13.4. The van der Waals surface area contributed by atoms with Crippen LogP contribution in [0.15, 0.2) is 58.8 Å². The van der Waals surface area contributed by atoms with Crippen LogP contribution in [-0.2, 0) is 24.3 Å². The van der Waals surface area contributed by atoms with Crippen molar-refractivity contribution in [2.24, 2.45) is 5.73 Å². The van der Waals surface area contributed by atoms with Crippen LogP contribution in [-0.4, -0.2) is 27.6 Å². The number of primary amides is 1. The van der Waals surface area contributed by atoms with E-state index in [9.17, 15) is 9.90 Å². The Bertz CT molecular complexity index is 1070. The zero-order valence-corrected chi connectivity index (χ0v) is 16.3. The summed E-state index contributed by atoms with van der Waals surface area (Å²) < 4.78 is 5.59. The third-order valence-corrected chi connectivity index (χ3v) is 5.27. The van der Waals surface area contributed by atoms with E-state index in [0.717, 1.165) is 54.2 Å². The average Bonchev–Trinajstić information content (AvgIpc) is 3.29. The molecule has 0 spiro atoms. The second-order valence-corrected chi connectivity index (χ2v) is 7.32. The van der Waals surface area contributed by atoms with E-state index in [1.165, 1.54) is 17.2 Å². The van der Waals surface area contributed by atoms with E-state index >= 15 is 0 Å². The number of aryl methyl sites for hydroxylation is 1. The average molecular weight is 389 g/mol. The lowest BCUT2D eigenvalue weighted by atomic mass is 10.0. The second kappa shape index (κ2) is 7.93. The van der Waals surface area contributed by atoms with Gasteiger partial charge in [0.25, 0.3) is 5.91 Å². The number of amides is 1. The van der Waals surface area contributed by atoms with Crippen molar-refractivity contribution < 1.29 is 14.4 Å². The van der Waals surface area contributed by atoms with Crippen molar-refractivity contribution >= 4 is 12.0 Å². The van der Waals surface area contributed by atoms with Gasteiger partial charge in [-0.15, -0.1) is 0 Å². The van der Waals surface area contributed by atoms with Gasteiger partial charge in [-0.2, -0.15) is 0 Å². The largest absolute Gasteiger partial charge is 0.503 e. The first-order valence-electron chi connectivity index (χ1n) is 9.56. The molecule has 0 saturated heterocycles. The Hall–Kier alpha value is -3.38. The van der Waals surface area contributed by atoms with Crippen LogP contribution in [0.25, 0.3) is 17.4 Å². The Morgan fingerprint density at radius 3 is 2.72 bits per heavy atom. The molecule has 2 heterocycles. The number of aliphatic hydroxyl groups is 1. The summed E-state index contributed by atoms with van der Waals surface area (Å²) in [6, 6.07) is 16.0. The molecule has 6 nitrogen and oxygen atoms in total. The number of aromatic nitrogens is 1. The predicted octanol–water partition coefficient (Wildman–Crippen LogP) is 3.59. The first-order chi connectivity index (χ1) is 14.0. The molecule has 3 N–H and O–H groups in total. The highest BCUT2D eigenvalue weighted by atomic mass is 16.5. The molecule has 148 valence electrons. The van der Waals surface area contributed by atoms with Crippen LogP contribution in [0, 0.1) is 6.92 Å². The maximum absolute atomic E-state index is 11.0. The van der Waals surface area contributed by atoms with Crippen molar-refractivity contribution in [1.29, 1.82) is 0 Å². The fourth-order valence-corrected chi connectivity index (χ4v) is 3.73. The van der Waals surface area contributed by atoms with E-state index in [1.54, 1.807) is 0 Å². The van der Waals surface area contributed by atoms with Crippen molar-refractivity contribution in [3.05, 3.63) is 82.2 Å². The predicted molar refractivity (Wildman–Crippen MR) is 111 cm³/mol. The zero-order valence-electron chi connectivity index (χ0n) is 16.3. The number of hydrogen-bond donors (Lipinski definition) is 2. The molecular weight excluding hydrogens is 366 g/mol. The minimum atomic E-state index is -0.828. The molecule has 0 bridgehead atoms. The molecule has 1 aliphatic rings. The molecule has 0 atom stereocenters. The Labute approximate surface area is 169 Å². The maximum atomic E-state index is 11.0. The van der Waals surface area contributed by atoms with E-state index < -0.39 is 11.7 Å². The molecule has 1 aromatic heterocycles. The summed E-state index contributed by atoms with van der Waals surface area (Å²) in [7, 11) is 0. The zero-order chi connectivity index (χ0) is 20.4. The first kappa shape index (κ1) is 19.0. The van der Waals surface area contributed by atoms with Crippen molar-refractivity contribution in [3.8, 4) is 11.3 Å². The van der Waals surface area contributed by atoms with Crippen LogP contribution >= 0.6 is 0 Å². The van der Waals surface area contributed by atoms with Gasteiger partial charge in [0.15, 0.2) is 11.5 Å². The fourth-order valence-electron chi connectivity index (χ4n) is 3.73. The summed E-state index contributed by atoms with van der Waals surface area (Å²) in [5.41, 5.74) is 11.4. The van der Waals surface area contributed by atoms with Crippen molar-refractivity contribution in [2.75, 3.05) is 6.54 Å². The molecule has 1 aliphatic heterocycles. The third-order valence-electron chi connectivity index (χ3n) is 5.27. The molecule has 0 saturated carbocycles. The van der Waals surface area contributed by atoms with Crippen molar-refractivity contribution in [3.63, 3.8) is 0 Å². The third kappa shape index (κ3) is 4.07. The fraction of sp³-hybridized carbons (Fsp3) is 0.217. The highest BCUT2D eigenvalue weighted by molar-refractivity contribution is 5.94. The highest BCUT2D eigenvalue weighted by Gasteiger charge is 2.21. The van der Waals surface area contributed by atoms with E-state index in [0.29, 0.717) is 0 Å².